The fraction of sp³-hybridized carbons (Fsp3) is 0.625. The minimum atomic E-state index is 0.277. The summed E-state index contributed by atoms with van der Waals surface area (Å²) >= 11 is 0. The molecule has 2 aromatic rings. The Morgan fingerprint density at radius 2 is 2.19 bits per heavy atom. The summed E-state index contributed by atoms with van der Waals surface area (Å²) in [6.45, 7) is 9.17. The molecule has 1 fully saturated rings. The van der Waals surface area contributed by atoms with Crippen molar-refractivity contribution in [3.05, 3.63) is 29.2 Å². The van der Waals surface area contributed by atoms with Crippen LogP contribution in [0.3, 0.4) is 0 Å². The molecule has 0 radical (unpaired) electrons. The lowest BCUT2D eigenvalue weighted by molar-refractivity contribution is -0.0120. The molecule has 1 aliphatic carbocycles. The van der Waals surface area contributed by atoms with E-state index in [2.05, 4.69) is 36.2 Å². The van der Waals surface area contributed by atoms with Gasteiger partial charge in [-0.15, -0.1) is 0 Å². The van der Waals surface area contributed by atoms with Crippen LogP contribution in [0.1, 0.15) is 49.7 Å². The fourth-order valence-electron chi connectivity index (χ4n) is 3.12. The molecule has 114 valence electrons. The molecule has 0 amide bonds. The molecule has 5 heteroatoms. The van der Waals surface area contributed by atoms with E-state index in [0.29, 0.717) is 12.1 Å². The summed E-state index contributed by atoms with van der Waals surface area (Å²) in [7, 11) is 0. The van der Waals surface area contributed by atoms with E-state index in [1.54, 1.807) is 0 Å². The highest BCUT2D eigenvalue weighted by Crippen LogP contribution is 2.27. The van der Waals surface area contributed by atoms with E-state index in [1.165, 1.54) is 5.56 Å². The number of hydrogen-bond donors (Lipinski definition) is 1. The summed E-state index contributed by atoms with van der Waals surface area (Å²) in [5.74, 6) is 0. The number of aromatic nitrogens is 3. The molecule has 21 heavy (non-hydrogen) atoms. The van der Waals surface area contributed by atoms with Gasteiger partial charge >= 0.3 is 0 Å². The zero-order valence-corrected chi connectivity index (χ0v) is 13.3. The van der Waals surface area contributed by atoms with E-state index in [-0.39, 0.29) is 6.04 Å². The fourth-order valence-corrected chi connectivity index (χ4v) is 3.12. The van der Waals surface area contributed by atoms with Crippen LogP contribution in [0.15, 0.2) is 12.3 Å². The average Bonchev–Trinajstić information content (AvgIpc) is 2.78. The van der Waals surface area contributed by atoms with Gasteiger partial charge in [0.05, 0.1) is 11.8 Å². The first-order valence-electron chi connectivity index (χ1n) is 7.78. The van der Waals surface area contributed by atoms with Gasteiger partial charge in [-0.25, -0.2) is 9.50 Å². The van der Waals surface area contributed by atoms with Gasteiger partial charge in [-0.05, 0) is 40.5 Å². The third-order valence-corrected chi connectivity index (χ3v) is 4.33. The van der Waals surface area contributed by atoms with E-state index in [9.17, 15) is 0 Å². The van der Waals surface area contributed by atoms with E-state index >= 15 is 0 Å². The minimum absolute atomic E-state index is 0.277. The highest BCUT2D eigenvalue weighted by Gasteiger charge is 2.30. The number of ether oxygens (including phenoxy) is 1. The first-order chi connectivity index (χ1) is 10.1. The normalized spacial score (nSPS) is 23.2. The maximum atomic E-state index is 5.61. The smallest absolute Gasteiger partial charge is 0.155 e. The van der Waals surface area contributed by atoms with E-state index < -0.39 is 0 Å². The number of rotatable bonds is 5. The molecule has 0 spiro atoms. The van der Waals surface area contributed by atoms with Gasteiger partial charge in [0, 0.05) is 42.2 Å². The predicted molar refractivity (Wildman–Crippen MR) is 82.4 cm³/mol. The molecule has 0 aromatic carbocycles. The third kappa shape index (κ3) is 2.80. The molecule has 0 bridgehead atoms. The van der Waals surface area contributed by atoms with Gasteiger partial charge in [0.25, 0.3) is 0 Å². The molecular weight excluding hydrogens is 264 g/mol. The molecule has 0 saturated heterocycles. The van der Waals surface area contributed by atoms with Crippen molar-refractivity contribution in [2.45, 2.75) is 58.7 Å². The highest BCUT2D eigenvalue weighted by molar-refractivity contribution is 5.42. The second-order valence-corrected chi connectivity index (χ2v) is 5.99. The van der Waals surface area contributed by atoms with Crippen molar-refractivity contribution in [3.63, 3.8) is 0 Å². The Labute approximate surface area is 125 Å². The van der Waals surface area contributed by atoms with Crippen LogP contribution in [-0.2, 0) is 4.74 Å². The van der Waals surface area contributed by atoms with Crippen molar-refractivity contribution >= 4 is 5.65 Å². The maximum absolute atomic E-state index is 5.61. The Morgan fingerprint density at radius 3 is 2.90 bits per heavy atom. The molecule has 2 aromatic heterocycles. The predicted octanol–water partition coefficient (Wildman–Crippen LogP) is 2.56. The van der Waals surface area contributed by atoms with Crippen molar-refractivity contribution in [1.29, 1.82) is 0 Å². The Kier molecular flexibility index (Phi) is 3.95. The van der Waals surface area contributed by atoms with Crippen LogP contribution >= 0.6 is 0 Å². The molecule has 2 heterocycles. The molecule has 1 saturated carbocycles. The zero-order valence-electron chi connectivity index (χ0n) is 13.3. The van der Waals surface area contributed by atoms with Crippen LogP contribution in [0.25, 0.3) is 5.65 Å². The van der Waals surface area contributed by atoms with Crippen LogP contribution in [-0.4, -0.2) is 33.4 Å². The monoisotopic (exact) mass is 288 g/mol. The molecule has 3 rings (SSSR count). The summed E-state index contributed by atoms with van der Waals surface area (Å²) in [6.07, 6.45) is 4.62. The summed E-state index contributed by atoms with van der Waals surface area (Å²) in [4.78, 5) is 4.52. The van der Waals surface area contributed by atoms with Crippen molar-refractivity contribution in [2.75, 3.05) is 6.61 Å². The minimum Gasteiger partial charge on any atom is -0.378 e. The molecular formula is C16H24N4O. The van der Waals surface area contributed by atoms with Crippen LogP contribution < -0.4 is 5.32 Å². The Morgan fingerprint density at radius 1 is 1.43 bits per heavy atom. The van der Waals surface area contributed by atoms with E-state index in [4.69, 9.17) is 4.74 Å². The summed E-state index contributed by atoms with van der Waals surface area (Å²) in [5, 5.41) is 8.18. The zero-order chi connectivity index (χ0) is 15.0. The Bertz CT molecular complexity index is 630. The standard InChI is InChI=1S/C16H24N4O/c1-5-21-14-7-13(8-14)18-11(3)15-9-17-16-6-10(2)19-20(16)12(15)4/h6,9,11,13-14,18H,5,7-8H2,1-4H3. The van der Waals surface area contributed by atoms with Crippen LogP contribution in [0.5, 0.6) is 0 Å². The third-order valence-electron chi connectivity index (χ3n) is 4.33. The molecule has 1 N–H and O–H groups in total. The molecule has 0 aliphatic heterocycles. The SMILES string of the molecule is CCOC1CC(NC(C)c2cnc3cc(C)nn3c2C)C1. The number of nitrogens with one attached hydrogen (secondary N) is 1. The topological polar surface area (TPSA) is 51.5 Å². The van der Waals surface area contributed by atoms with Crippen LogP contribution in [0.2, 0.25) is 0 Å². The number of aryl methyl sites for hydroxylation is 2. The van der Waals surface area contributed by atoms with Gasteiger partial charge in [0.2, 0.25) is 0 Å². The average molecular weight is 288 g/mol. The summed E-state index contributed by atoms with van der Waals surface area (Å²) in [6, 6.07) is 2.83. The van der Waals surface area contributed by atoms with Crippen molar-refractivity contribution in [3.8, 4) is 0 Å². The lowest BCUT2D eigenvalue weighted by Crippen LogP contribution is -2.46. The van der Waals surface area contributed by atoms with Crippen LogP contribution in [0, 0.1) is 13.8 Å². The molecule has 1 atom stereocenters. The summed E-state index contributed by atoms with van der Waals surface area (Å²) < 4.78 is 7.55. The second kappa shape index (κ2) is 5.73. The van der Waals surface area contributed by atoms with Gasteiger partial charge in [-0.1, -0.05) is 0 Å². The lowest BCUT2D eigenvalue weighted by atomic mass is 9.88. The highest BCUT2D eigenvalue weighted by atomic mass is 16.5. The van der Waals surface area contributed by atoms with E-state index in [0.717, 1.165) is 36.5 Å². The van der Waals surface area contributed by atoms with Gasteiger partial charge < -0.3 is 10.1 Å². The van der Waals surface area contributed by atoms with Crippen molar-refractivity contribution in [2.24, 2.45) is 0 Å². The van der Waals surface area contributed by atoms with E-state index in [1.807, 2.05) is 23.7 Å². The van der Waals surface area contributed by atoms with Crippen LogP contribution in [0.4, 0.5) is 0 Å². The van der Waals surface area contributed by atoms with Crippen molar-refractivity contribution < 1.29 is 4.74 Å². The summed E-state index contributed by atoms with van der Waals surface area (Å²) in [5.41, 5.74) is 4.29. The largest absolute Gasteiger partial charge is 0.378 e. The number of hydrogen-bond acceptors (Lipinski definition) is 4. The molecule has 1 unspecified atom stereocenters. The van der Waals surface area contributed by atoms with Gasteiger partial charge in [0.15, 0.2) is 5.65 Å². The Balaban J connectivity index is 1.70. The molecule has 1 aliphatic rings. The first-order valence-corrected chi connectivity index (χ1v) is 7.78. The maximum Gasteiger partial charge on any atom is 0.155 e. The van der Waals surface area contributed by atoms with Crippen molar-refractivity contribution in [1.82, 2.24) is 19.9 Å². The Hall–Kier alpha value is -1.46. The lowest BCUT2D eigenvalue weighted by Gasteiger charge is -2.37. The van der Waals surface area contributed by atoms with Gasteiger partial charge in [0.1, 0.15) is 0 Å². The van der Waals surface area contributed by atoms with Gasteiger partial charge in [-0.2, -0.15) is 5.10 Å². The quantitative estimate of drug-likeness (QED) is 0.918. The number of fused-ring (bicyclic) bond motifs is 1. The first kappa shape index (κ1) is 14.5. The van der Waals surface area contributed by atoms with Gasteiger partial charge in [-0.3, -0.25) is 0 Å². The number of nitrogens with zero attached hydrogens (tertiary/aromatic N) is 3. The molecule has 5 nitrogen and oxygen atoms in total. The second-order valence-electron chi connectivity index (χ2n) is 5.99.